The zero-order chi connectivity index (χ0) is 19.1. The number of phenolic OH excluding ortho intramolecular Hbond substituents is 1. The van der Waals surface area contributed by atoms with Gasteiger partial charge in [0, 0.05) is 43.8 Å². The molecule has 0 aliphatic carbocycles. The number of aromatic hydroxyl groups is 1. The normalized spacial score (nSPS) is 27.6. The van der Waals surface area contributed by atoms with Crippen LogP contribution in [-0.2, 0) is 0 Å². The highest BCUT2D eigenvalue weighted by Gasteiger charge is 2.36. The van der Waals surface area contributed by atoms with Crippen molar-refractivity contribution >= 4 is 11.5 Å². The first-order valence-corrected chi connectivity index (χ1v) is 10.3. The Labute approximate surface area is 165 Å². The highest BCUT2D eigenvalue weighted by molar-refractivity contribution is 5.76. The zero-order valence-electron chi connectivity index (χ0n) is 16.3. The van der Waals surface area contributed by atoms with E-state index in [2.05, 4.69) is 43.6 Å². The second-order valence-corrected chi connectivity index (χ2v) is 8.24. The predicted molar refractivity (Wildman–Crippen MR) is 111 cm³/mol. The number of piperazine rings is 1. The van der Waals surface area contributed by atoms with Gasteiger partial charge in [0.2, 0.25) is 0 Å². The topological polar surface area (TPSA) is 76.5 Å². The van der Waals surface area contributed by atoms with E-state index in [9.17, 15) is 5.11 Å². The SMILES string of the molecule is CC1CC(N2CCN3c4cc(-c5ccccc5O)nnc4NC[C@H]3C2)CCN1. The molecule has 4 heterocycles. The second kappa shape index (κ2) is 7.22. The van der Waals surface area contributed by atoms with Crippen LogP contribution in [0.5, 0.6) is 5.75 Å². The van der Waals surface area contributed by atoms with E-state index in [1.54, 1.807) is 6.07 Å². The maximum atomic E-state index is 10.2. The predicted octanol–water partition coefficient (Wildman–Crippen LogP) is 1.91. The van der Waals surface area contributed by atoms with Gasteiger partial charge in [-0.15, -0.1) is 10.2 Å². The van der Waals surface area contributed by atoms with Gasteiger partial charge in [0.1, 0.15) is 5.75 Å². The number of anilines is 2. The van der Waals surface area contributed by atoms with Crippen LogP contribution in [0.15, 0.2) is 30.3 Å². The minimum absolute atomic E-state index is 0.238. The molecule has 1 aromatic carbocycles. The van der Waals surface area contributed by atoms with Gasteiger partial charge in [-0.05, 0) is 44.5 Å². The molecule has 2 fully saturated rings. The van der Waals surface area contributed by atoms with Crippen molar-refractivity contribution in [2.24, 2.45) is 0 Å². The number of benzene rings is 1. The van der Waals surface area contributed by atoms with Gasteiger partial charge in [0.15, 0.2) is 5.82 Å². The fraction of sp³-hybridized carbons (Fsp3) is 0.524. The molecule has 0 bridgehead atoms. The molecule has 148 valence electrons. The molecule has 28 heavy (non-hydrogen) atoms. The third kappa shape index (κ3) is 3.18. The molecular formula is C21H28N6O. The number of nitrogens with one attached hydrogen (secondary N) is 2. The largest absolute Gasteiger partial charge is 0.507 e. The van der Waals surface area contributed by atoms with Gasteiger partial charge in [0.05, 0.1) is 17.4 Å². The minimum atomic E-state index is 0.238. The van der Waals surface area contributed by atoms with Crippen molar-refractivity contribution in [3.63, 3.8) is 0 Å². The van der Waals surface area contributed by atoms with E-state index in [1.807, 2.05) is 18.2 Å². The number of fused-ring (bicyclic) bond motifs is 3. The van der Waals surface area contributed by atoms with E-state index < -0.39 is 0 Å². The zero-order valence-corrected chi connectivity index (χ0v) is 16.3. The van der Waals surface area contributed by atoms with Crippen molar-refractivity contribution in [3.05, 3.63) is 30.3 Å². The van der Waals surface area contributed by atoms with Crippen molar-refractivity contribution in [2.45, 2.75) is 37.9 Å². The quantitative estimate of drug-likeness (QED) is 0.735. The van der Waals surface area contributed by atoms with Crippen LogP contribution in [0.3, 0.4) is 0 Å². The first kappa shape index (κ1) is 17.7. The third-order valence-corrected chi connectivity index (χ3v) is 6.39. The Morgan fingerprint density at radius 1 is 1.14 bits per heavy atom. The molecule has 7 nitrogen and oxygen atoms in total. The average molecular weight is 380 g/mol. The van der Waals surface area contributed by atoms with Crippen LogP contribution < -0.4 is 15.5 Å². The molecule has 1 aromatic heterocycles. The van der Waals surface area contributed by atoms with Gasteiger partial charge in [-0.1, -0.05) is 12.1 Å². The Hall–Kier alpha value is -2.38. The molecule has 7 heteroatoms. The molecule has 2 aromatic rings. The maximum absolute atomic E-state index is 10.2. The molecule has 0 spiro atoms. The fourth-order valence-electron chi connectivity index (χ4n) is 4.90. The molecule has 5 rings (SSSR count). The molecule has 0 radical (unpaired) electrons. The summed E-state index contributed by atoms with van der Waals surface area (Å²) in [6, 6.07) is 11.1. The van der Waals surface area contributed by atoms with E-state index in [0.717, 1.165) is 49.8 Å². The Balaban J connectivity index is 1.38. The Bertz CT molecular complexity index is 859. The van der Waals surface area contributed by atoms with Crippen LogP contribution in [0.25, 0.3) is 11.3 Å². The highest BCUT2D eigenvalue weighted by Crippen LogP contribution is 2.36. The summed E-state index contributed by atoms with van der Waals surface area (Å²) in [6.07, 6.45) is 2.48. The summed E-state index contributed by atoms with van der Waals surface area (Å²) in [5.74, 6) is 1.08. The summed E-state index contributed by atoms with van der Waals surface area (Å²) < 4.78 is 0. The molecule has 3 N–H and O–H groups in total. The number of aromatic nitrogens is 2. The van der Waals surface area contributed by atoms with Crippen molar-refractivity contribution in [1.29, 1.82) is 0 Å². The lowest BCUT2D eigenvalue weighted by atomic mass is 9.96. The smallest absolute Gasteiger partial charge is 0.172 e. The summed E-state index contributed by atoms with van der Waals surface area (Å²) in [7, 11) is 0. The van der Waals surface area contributed by atoms with Gasteiger partial charge in [0.25, 0.3) is 0 Å². The van der Waals surface area contributed by atoms with Crippen LogP contribution in [0.1, 0.15) is 19.8 Å². The van der Waals surface area contributed by atoms with Crippen LogP contribution in [0.4, 0.5) is 11.5 Å². The van der Waals surface area contributed by atoms with Crippen LogP contribution in [-0.4, -0.2) is 71.1 Å². The monoisotopic (exact) mass is 380 g/mol. The molecule has 3 atom stereocenters. The van der Waals surface area contributed by atoms with Crippen molar-refractivity contribution in [2.75, 3.05) is 42.9 Å². The number of piperidine rings is 1. The first-order valence-electron chi connectivity index (χ1n) is 10.3. The lowest BCUT2D eigenvalue weighted by molar-refractivity contribution is 0.123. The molecule has 0 amide bonds. The molecule has 2 saturated heterocycles. The summed E-state index contributed by atoms with van der Waals surface area (Å²) in [5, 5.41) is 26.0. The van der Waals surface area contributed by atoms with Crippen LogP contribution in [0.2, 0.25) is 0 Å². The van der Waals surface area contributed by atoms with Gasteiger partial charge in [-0.3, -0.25) is 4.90 Å². The first-order chi connectivity index (χ1) is 13.7. The van der Waals surface area contributed by atoms with Crippen molar-refractivity contribution < 1.29 is 5.11 Å². The number of phenols is 1. The summed E-state index contributed by atoms with van der Waals surface area (Å²) in [5.41, 5.74) is 2.54. The Morgan fingerprint density at radius 2 is 2.04 bits per heavy atom. The minimum Gasteiger partial charge on any atom is -0.507 e. The summed E-state index contributed by atoms with van der Waals surface area (Å²) in [6.45, 7) is 7.48. The van der Waals surface area contributed by atoms with Crippen molar-refractivity contribution in [1.82, 2.24) is 20.4 Å². The van der Waals surface area contributed by atoms with E-state index >= 15 is 0 Å². The van der Waals surface area contributed by atoms with Gasteiger partial charge >= 0.3 is 0 Å². The highest BCUT2D eigenvalue weighted by atomic mass is 16.3. The summed E-state index contributed by atoms with van der Waals surface area (Å²) >= 11 is 0. The Kier molecular flexibility index (Phi) is 4.56. The molecular weight excluding hydrogens is 352 g/mol. The molecule has 3 aliphatic rings. The van der Waals surface area contributed by atoms with Crippen molar-refractivity contribution in [3.8, 4) is 17.0 Å². The van der Waals surface area contributed by atoms with Crippen LogP contribution >= 0.6 is 0 Å². The molecule has 2 unspecified atom stereocenters. The van der Waals surface area contributed by atoms with Gasteiger partial charge in [-0.25, -0.2) is 0 Å². The lowest BCUT2D eigenvalue weighted by Gasteiger charge is -2.49. The number of para-hydroxylation sites is 1. The standard InChI is InChI=1S/C21H28N6O/c1-14-10-15(6-7-22-14)26-8-9-27-16(13-26)12-23-21-19(27)11-18(24-25-21)17-4-2-3-5-20(17)28/h2-5,11,14-16,22,28H,6-10,12-13H2,1H3,(H,23,25)/t14?,15?,16-/m0/s1. The Morgan fingerprint density at radius 3 is 2.89 bits per heavy atom. The van der Waals surface area contributed by atoms with Crippen LogP contribution in [0, 0.1) is 0 Å². The lowest BCUT2D eigenvalue weighted by Crippen LogP contribution is -2.61. The van der Waals surface area contributed by atoms with E-state index in [1.165, 1.54) is 12.8 Å². The van der Waals surface area contributed by atoms with Gasteiger partial charge < -0.3 is 20.6 Å². The third-order valence-electron chi connectivity index (χ3n) is 6.39. The fourth-order valence-corrected chi connectivity index (χ4v) is 4.90. The van der Waals surface area contributed by atoms with E-state index in [0.29, 0.717) is 23.8 Å². The maximum Gasteiger partial charge on any atom is 0.172 e. The van der Waals surface area contributed by atoms with Gasteiger partial charge in [-0.2, -0.15) is 0 Å². The molecule has 0 saturated carbocycles. The number of nitrogens with zero attached hydrogens (tertiary/aromatic N) is 4. The summed E-state index contributed by atoms with van der Waals surface area (Å²) in [4.78, 5) is 5.16. The number of rotatable bonds is 2. The second-order valence-electron chi connectivity index (χ2n) is 8.24. The molecule has 3 aliphatic heterocycles. The number of hydrogen-bond donors (Lipinski definition) is 3. The van der Waals surface area contributed by atoms with E-state index in [-0.39, 0.29) is 5.75 Å². The average Bonchev–Trinajstić information content (AvgIpc) is 2.73. The van der Waals surface area contributed by atoms with E-state index in [4.69, 9.17) is 0 Å². The number of hydrogen-bond acceptors (Lipinski definition) is 7.